The summed E-state index contributed by atoms with van der Waals surface area (Å²) < 4.78 is 0. The fourth-order valence-electron chi connectivity index (χ4n) is 2.56. The minimum atomic E-state index is 0. The summed E-state index contributed by atoms with van der Waals surface area (Å²) in [6.45, 7) is 5.88. The first-order valence-electron chi connectivity index (χ1n) is 6.64. The molecule has 0 saturated carbocycles. The van der Waals surface area contributed by atoms with E-state index >= 15 is 0 Å². The van der Waals surface area contributed by atoms with E-state index in [1.165, 1.54) is 19.3 Å². The molecule has 0 aromatic carbocycles. The maximum absolute atomic E-state index is 12.0. The van der Waals surface area contributed by atoms with Gasteiger partial charge in [0.05, 0.1) is 0 Å². The molecule has 3 nitrogen and oxygen atoms in total. The molecule has 1 heterocycles. The molecule has 1 aliphatic rings. The number of halogens is 1. The Balaban J connectivity index is 0.00000256. The minimum absolute atomic E-state index is 0. The number of nitrogens with two attached hydrogens (primary N) is 1. The van der Waals surface area contributed by atoms with Crippen molar-refractivity contribution >= 4 is 18.3 Å². The number of nitrogens with zero attached hydrogens (tertiary/aromatic N) is 1. The molecule has 0 aromatic rings. The fraction of sp³-hybridized carbons (Fsp3) is 0.923. The van der Waals surface area contributed by atoms with Crippen molar-refractivity contribution in [3.8, 4) is 0 Å². The molecule has 17 heavy (non-hydrogen) atoms. The normalized spacial score (nSPS) is 20.9. The van der Waals surface area contributed by atoms with Crippen LogP contribution in [0.5, 0.6) is 0 Å². The smallest absolute Gasteiger partial charge is 0.224 e. The van der Waals surface area contributed by atoms with Crippen LogP contribution in [0.4, 0.5) is 0 Å². The number of rotatable bonds is 4. The van der Waals surface area contributed by atoms with Crippen LogP contribution >= 0.6 is 12.4 Å². The van der Waals surface area contributed by atoms with Gasteiger partial charge >= 0.3 is 0 Å². The van der Waals surface area contributed by atoms with Gasteiger partial charge in [-0.05, 0) is 25.2 Å². The highest BCUT2D eigenvalue weighted by Crippen LogP contribution is 2.22. The van der Waals surface area contributed by atoms with Gasteiger partial charge in [-0.15, -0.1) is 12.4 Å². The van der Waals surface area contributed by atoms with Crippen molar-refractivity contribution in [3.63, 3.8) is 0 Å². The Bertz CT molecular complexity index is 221. The summed E-state index contributed by atoms with van der Waals surface area (Å²) in [5.41, 5.74) is 5.47. The highest BCUT2D eigenvalue weighted by atomic mass is 35.5. The minimum Gasteiger partial charge on any atom is -0.340 e. The first-order chi connectivity index (χ1) is 7.65. The van der Waals surface area contributed by atoms with E-state index in [0.717, 1.165) is 19.4 Å². The van der Waals surface area contributed by atoms with Crippen LogP contribution in [-0.4, -0.2) is 29.9 Å². The third kappa shape index (κ3) is 5.73. The molecule has 1 unspecified atom stereocenters. The molecule has 0 aromatic heterocycles. The molecule has 102 valence electrons. The first kappa shape index (κ1) is 16.7. The molecular formula is C13H27ClN2O. The van der Waals surface area contributed by atoms with E-state index < -0.39 is 0 Å². The molecular weight excluding hydrogens is 236 g/mol. The Morgan fingerprint density at radius 1 is 1.35 bits per heavy atom. The lowest BCUT2D eigenvalue weighted by atomic mass is 9.98. The van der Waals surface area contributed by atoms with Gasteiger partial charge in [-0.1, -0.05) is 26.7 Å². The molecule has 1 rings (SSSR count). The topological polar surface area (TPSA) is 46.3 Å². The first-order valence-corrected chi connectivity index (χ1v) is 6.64. The van der Waals surface area contributed by atoms with E-state index in [-0.39, 0.29) is 18.3 Å². The Morgan fingerprint density at radius 3 is 2.65 bits per heavy atom. The lowest BCUT2D eigenvalue weighted by molar-refractivity contribution is -0.133. The van der Waals surface area contributed by atoms with Crippen molar-refractivity contribution in [2.24, 2.45) is 11.7 Å². The molecule has 1 fully saturated rings. The third-order valence-corrected chi connectivity index (χ3v) is 3.30. The van der Waals surface area contributed by atoms with E-state index in [0.29, 0.717) is 24.9 Å². The average Bonchev–Trinajstić information content (AvgIpc) is 2.43. The molecule has 0 spiro atoms. The van der Waals surface area contributed by atoms with Crippen molar-refractivity contribution in [2.45, 2.75) is 58.4 Å². The summed E-state index contributed by atoms with van der Waals surface area (Å²) in [5.74, 6) is 0.923. The predicted octanol–water partition coefficient (Wildman–Crippen LogP) is 2.57. The van der Waals surface area contributed by atoms with Gasteiger partial charge in [0.2, 0.25) is 5.91 Å². The zero-order valence-corrected chi connectivity index (χ0v) is 12.0. The third-order valence-electron chi connectivity index (χ3n) is 3.30. The van der Waals surface area contributed by atoms with Gasteiger partial charge < -0.3 is 10.6 Å². The lowest BCUT2D eigenvalue weighted by Crippen LogP contribution is -2.41. The van der Waals surface area contributed by atoms with Gasteiger partial charge in [0, 0.05) is 25.6 Å². The summed E-state index contributed by atoms with van der Waals surface area (Å²) in [4.78, 5) is 14.1. The molecule has 1 saturated heterocycles. The van der Waals surface area contributed by atoms with Crippen molar-refractivity contribution in [3.05, 3.63) is 0 Å². The Kier molecular flexibility index (Phi) is 8.61. The molecule has 2 N–H and O–H groups in total. The highest BCUT2D eigenvalue weighted by molar-refractivity contribution is 5.85. The Morgan fingerprint density at radius 2 is 2.06 bits per heavy atom. The van der Waals surface area contributed by atoms with Crippen LogP contribution in [0.1, 0.15) is 52.4 Å². The van der Waals surface area contributed by atoms with Crippen LogP contribution in [0.2, 0.25) is 0 Å². The molecule has 0 radical (unpaired) electrons. The number of hydrogen-bond acceptors (Lipinski definition) is 2. The summed E-state index contributed by atoms with van der Waals surface area (Å²) >= 11 is 0. The van der Waals surface area contributed by atoms with E-state index in [1.54, 1.807) is 0 Å². The van der Waals surface area contributed by atoms with Crippen molar-refractivity contribution in [1.29, 1.82) is 0 Å². The van der Waals surface area contributed by atoms with Crippen LogP contribution in [0.15, 0.2) is 0 Å². The predicted molar refractivity (Wildman–Crippen MR) is 74.3 cm³/mol. The van der Waals surface area contributed by atoms with Gasteiger partial charge in [-0.2, -0.15) is 0 Å². The van der Waals surface area contributed by atoms with Crippen LogP contribution in [0.3, 0.4) is 0 Å². The molecule has 0 bridgehead atoms. The van der Waals surface area contributed by atoms with Crippen LogP contribution < -0.4 is 5.73 Å². The van der Waals surface area contributed by atoms with Gasteiger partial charge in [0.15, 0.2) is 0 Å². The van der Waals surface area contributed by atoms with E-state index in [2.05, 4.69) is 18.7 Å². The van der Waals surface area contributed by atoms with Gasteiger partial charge in [0.1, 0.15) is 0 Å². The van der Waals surface area contributed by atoms with Gasteiger partial charge in [0.25, 0.3) is 0 Å². The zero-order valence-electron chi connectivity index (χ0n) is 11.2. The second kappa shape index (κ2) is 8.76. The SMILES string of the molecule is CC(C)CC1CCCCCN1C(=O)CCN.Cl. The zero-order chi connectivity index (χ0) is 12.0. The molecule has 0 aliphatic carbocycles. The standard InChI is InChI=1S/C13H26N2O.ClH/c1-11(2)10-12-6-4-3-5-9-15(12)13(16)7-8-14;/h11-12H,3-10,14H2,1-2H3;1H. The Hall–Kier alpha value is -0.280. The summed E-state index contributed by atoms with van der Waals surface area (Å²) in [6, 6.07) is 0.460. The van der Waals surface area contributed by atoms with Gasteiger partial charge in [-0.25, -0.2) is 0 Å². The van der Waals surface area contributed by atoms with Crippen LogP contribution in [0.25, 0.3) is 0 Å². The van der Waals surface area contributed by atoms with Crippen LogP contribution in [-0.2, 0) is 4.79 Å². The maximum Gasteiger partial charge on any atom is 0.224 e. The fourth-order valence-corrected chi connectivity index (χ4v) is 2.56. The van der Waals surface area contributed by atoms with Gasteiger partial charge in [-0.3, -0.25) is 4.79 Å². The average molecular weight is 263 g/mol. The lowest BCUT2D eigenvalue weighted by Gasteiger charge is -2.31. The van der Waals surface area contributed by atoms with E-state index in [9.17, 15) is 4.79 Å². The second-order valence-electron chi connectivity index (χ2n) is 5.26. The molecule has 4 heteroatoms. The Labute approximate surface area is 112 Å². The number of amides is 1. The number of carbonyl (C=O) groups excluding carboxylic acids is 1. The summed E-state index contributed by atoms with van der Waals surface area (Å²) in [5, 5.41) is 0. The molecule has 1 atom stereocenters. The van der Waals surface area contributed by atoms with E-state index in [4.69, 9.17) is 5.73 Å². The second-order valence-corrected chi connectivity index (χ2v) is 5.26. The largest absolute Gasteiger partial charge is 0.340 e. The van der Waals surface area contributed by atoms with E-state index in [1.807, 2.05) is 0 Å². The van der Waals surface area contributed by atoms with Crippen molar-refractivity contribution < 1.29 is 4.79 Å². The molecule has 1 aliphatic heterocycles. The number of hydrogen-bond donors (Lipinski definition) is 1. The number of likely N-dealkylation sites (tertiary alicyclic amines) is 1. The maximum atomic E-state index is 12.0. The summed E-state index contributed by atoms with van der Waals surface area (Å²) in [7, 11) is 0. The van der Waals surface area contributed by atoms with Crippen molar-refractivity contribution in [2.75, 3.05) is 13.1 Å². The van der Waals surface area contributed by atoms with Crippen LogP contribution in [0, 0.1) is 5.92 Å². The highest BCUT2D eigenvalue weighted by Gasteiger charge is 2.25. The molecule has 1 amide bonds. The quantitative estimate of drug-likeness (QED) is 0.847. The monoisotopic (exact) mass is 262 g/mol. The summed E-state index contributed by atoms with van der Waals surface area (Å²) in [6.07, 6.45) is 6.51. The number of carbonyl (C=O) groups is 1. The van der Waals surface area contributed by atoms with Crippen molar-refractivity contribution in [1.82, 2.24) is 4.90 Å².